The molecule has 3 amide bonds. The van der Waals surface area contributed by atoms with Crippen LogP contribution in [0.25, 0.3) is 0 Å². The zero-order chi connectivity index (χ0) is 9.30. The molecule has 1 aliphatic rings. The van der Waals surface area contributed by atoms with Crippen LogP contribution in [0.1, 0.15) is 0 Å². The smallest absolute Gasteiger partial charge is 0.327 e. The number of aliphatic carboxylic acids is 1. The summed E-state index contributed by atoms with van der Waals surface area (Å²) in [5, 5.41) is 10.1. The van der Waals surface area contributed by atoms with E-state index in [1.165, 1.54) is 7.05 Å². The molecule has 6 heteroatoms. The molecule has 1 saturated heterocycles. The Labute approximate surface area is 68.4 Å². The highest BCUT2D eigenvalue weighted by atomic mass is 16.4. The largest absolute Gasteiger partial charge is 0.548 e. The summed E-state index contributed by atoms with van der Waals surface area (Å²) in [6, 6.07) is -0.593. The van der Waals surface area contributed by atoms with E-state index in [0.29, 0.717) is 4.90 Å². The molecular weight excluding hydrogens is 164 g/mol. The molecule has 1 aliphatic heterocycles. The molecule has 0 atom stereocenters. The van der Waals surface area contributed by atoms with Gasteiger partial charge < -0.3 is 14.8 Å². The molecule has 0 aromatic carbocycles. The fraction of sp³-hybridized carbons (Fsp3) is 0.500. The molecule has 66 valence electrons. The maximum atomic E-state index is 11.0. The van der Waals surface area contributed by atoms with Crippen molar-refractivity contribution < 1.29 is 19.5 Å². The molecule has 1 heterocycles. The second-order valence-electron chi connectivity index (χ2n) is 2.49. The molecule has 0 aromatic heterocycles. The maximum absolute atomic E-state index is 11.0. The summed E-state index contributed by atoms with van der Waals surface area (Å²) in [7, 11) is 1.43. The Kier molecular flexibility index (Phi) is 1.99. The van der Waals surface area contributed by atoms with E-state index in [9.17, 15) is 19.5 Å². The van der Waals surface area contributed by atoms with Crippen LogP contribution in [0, 0.1) is 0 Å². The molecule has 0 spiro atoms. The summed E-state index contributed by atoms with van der Waals surface area (Å²) in [6.45, 7) is -0.728. The zero-order valence-corrected chi connectivity index (χ0v) is 6.44. The van der Waals surface area contributed by atoms with Gasteiger partial charge in [-0.25, -0.2) is 4.79 Å². The van der Waals surface area contributed by atoms with Crippen molar-refractivity contribution in [1.29, 1.82) is 0 Å². The summed E-state index contributed by atoms with van der Waals surface area (Å²) >= 11 is 0. The highest BCUT2D eigenvalue weighted by Crippen LogP contribution is 2.06. The van der Waals surface area contributed by atoms with Gasteiger partial charge in [0.2, 0.25) is 0 Å². The number of carbonyl (C=O) groups is 3. The Balaban J connectivity index is 2.70. The average molecular weight is 171 g/mol. The first-order valence-electron chi connectivity index (χ1n) is 3.27. The topological polar surface area (TPSA) is 80.8 Å². The number of likely N-dealkylation sites (N-methyl/N-ethyl adjacent to an activating group) is 1. The Morgan fingerprint density at radius 3 is 2.50 bits per heavy atom. The second kappa shape index (κ2) is 2.80. The summed E-state index contributed by atoms with van der Waals surface area (Å²) < 4.78 is 0. The van der Waals surface area contributed by atoms with Gasteiger partial charge in [-0.05, 0) is 0 Å². The molecular formula is C6H7N2O4-. The van der Waals surface area contributed by atoms with E-state index in [1.807, 2.05) is 0 Å². The first kappa shape index (κ1) is 8.51. The number of imide groups is 1. The molecule has 0 N–H and O–H groups in total. The maximum Gasteiger partial charge on any atom is 0.327 e. The fourth-order valence-corrected chi connectivity index (χ4v) is 0.954. The van der Waals surface area contributed by atoms with Crippen LogP contribution < -0.4 is 5.11 Å². The van der Waals surface area contributed by atoms with E-state index in [1.54, 1.807) is 0 Å². The van der Waals surface area contributed by atoms with Crippen LogP contribution in [0.4, 0.5) is 4.79 Å². The van der Waals surface area contributed by atoms with Crippen LogP contribution in [0.3, 0.4) is 0 Å². The van der Waals surface area contributed by atoms with Crippen molar-refractivity contribution in [2.45, 2.75) is 0 Å². The van der Waals surface area contributed by atoms with Crippen molar-refractivity contribution in [3.8, 4) is 0 Å². The summed E-state index contributed by atoms with van der Waals surface area (Å²) in [5.74, 6) is -1.95. The third kappa shape index (κ3) is 1.36. The van der Waals surface area contributed by atoms with Crippen molar-refractivity contribution in [1.82, 2.24) is 9.80 Å². The number of hydrogen-bond acceptors (Lipinski definition) is 4. The van der Waals surface area contributed by atoms with E-state index >= 15 is 0 Å². The number of hydrogen-bond donors (Lipinski definition) is 0. The molecule has 0 radical (unpaired) electrons. The molecule has 6 nitrogen and oxygen atoms in total. The molecule has 1 fully saturated rings. The normalized spacial score (nSPS) is 17.4. The number of amides is 3. The molecule has 12 heavy (non-hydrogen) atoms. The second-order valence-corrected chi connectivity index (χ2v) is 2.49. The Bertz CT molecular complexity index is 250. The standard InChI is InChI=1S/C6H8N2O4/c1-7-2-4(9)8(6(7)12)3-5(10)11/h2-3H2,1H3,(H,10,11)/p-1. The third-order valence-electron chi connectivity index (χ3n) is 1.52. The lowest BCUT2D eigenvalue weighted by Crippen LogP contribution is -2.41. The number of carboxylic acid groups (broad SMARTS) is 1. The van der Waals surface area contributed by atoms with Crippen molar-refractivity contribution in [3.05, 3.63) is 0 Å². The lowest BCUT2D eigenvalue weighted by Gasteiger charge is -2.13. The Morgan fingerprint density at radius 2 is 2.17 bits per heavy atom. The minimum absolute atomic E-state index is 0.0634. The molecule has 0 bridgehead atoms. The van der Waals surface area contributed by atoms with Crippen molar-refractivity contribution in [3.63, 3.8) is 0 Å². The number of urea groups is 1. The van der Waals surface area contributed by atoms with Crippen LogP contribution in [-0.4, -0.2) is 47.8 Å². The highest BCUT2D eigenvalue weighted by Gasteiger charge is 2.33. The fourth-order valence-electron chi connectivity index (χ4n) is 0.954. The number of carbonyl (C=O) groups excluding carboxylic acids is 3. The van der Waals surface area contributed by atoms with Gasteiger partial charge in [0.15, 0.2) is 0 Å². The molecule has 0 aromatic rings. The molecule has 1 rings (SSSR count). The minimum Gasteiger partial charge on any atom is -0.548 e. The van der Waals surface area contributed by atoms with Gasteiger partial charge >= 0.3 is 6.03 Å². The van der Waals surface area contributed by atoms with Crippen LogP contribution >= 0.6 is 0 Å². The Hall–Kier alpha value is -1.59. The van der Waals surface area contributed by atoms with Gasteiger partial charge in [-0.3, -0.25) is 9.69 Å². The predicted molar refractivity (Wildman–Crippen MR) is 34.7 cm³/mol. The van der Waals surface area contributed by atoms with Gasteiger partial charge in [-0.1, -0.05) is 0 Å². The number of carboxylic acids is 1. The predicted octanol–water partition coefficient (Wildman–Crippen LogP) is -2.37. The molecule has 0 aliphatic carbocycles. The number of rotatable bonds is 2. The van der Waals surface area contributed by atoms with Gasteiger partial charge in [-0.15, -0.1) is 0 Å². The third-order valence-corrected chi connectivity index (χ3v) is 1.52. The molecule has 0 saturated carbocycles. The Morgan fingerprint density at radius 1 is 1.58 bits per heavy atom. The minimum atomic E-state index is -1.44. The number of nitrogens with zero attached hydrogens (tertiary/aromatic N) is 2. The van der Waals surface area contributed by atoms with Crippen molar-refractivity contribution in [2.75, 3.05) is 20.1 Å². The summed E-state index contributed by atoms with van der Waals surface area (Å²) in [4.78, 5) is 33.8. The quantitative estimate of drug-likeness (QED) is 0.435. The van der Waals surface area contributed by atoms with E-state index in [-0.39, 0.29) is 6.54 Å². The van der Waals surface area contributed by atoms with E-state index < -0.39 is 24.5 Å². The summed E-state index contributed by atoms with van der Waals surface area (Å²) in [5.41, 5.74) is 0. The van der Waals surface area contributed by atoms with Crippen molar-refractivity contribution >= 4 is 17.9 Å². The van der Waals surface area contributed by atoms with Crippen molar-refractivity contribution in [2.24, 2.45) is 0 Å². The van der Waals surface area contributed by atoms with Gasteiger partial charge in [0, 0.05) is 7.05 Å². The lowest BCUT2D eigenvalue weighted by atomic mass is 10.5. The van der Waals surface area contributed by atoms with E-state index in [0.717, 1.165) is 4.90 Å². The highest BCUT2D eigenvalue weighted by molar-refractivity contribution is 6.03. The van der Waals surface area contributed by atoms with Gasteiger partial charge in [0.1, 0.15) is 6.54 Å². The average Bonchev–Trinajstić information content (AvgIpc) is 2.16. The van der Waals surface area contributed by atoms with Crippen LogP contribution in [0.2, 0.25) is 0 Å². The first-order chi connectivity index (χ1) is 5.52. The zero-order valence-electron chi connectivity index (χ0n) is 6.44. The van der Waals surface area contributed by atoms with Gasteiger partial charge in [0.25, 0.3) is 5.91 Å². The van der Waals surface area contributed by atoms with E-state index in [4.69, 9.17) is 0 Å². The summed E-state index contributed by atoms with van der Waals surface area (Å²) in [6.07, 6.45) is 0. The van der Waals surface area contributed by atoms with Gasteiger partial charge in [-0.2, -0.15) is 0 Å². The van der Waals surface area contributed by atoms with Crippen LogP contribution in [-0.2, 0) is 9.59 Å². The molecule has 0 unspecified atom stereocenters. The SMILES string of the molecule is CN1CC(=O)N(CC(=O)[O-])C1=O. The monoisotopic (exact) mass is 171 g/mol. The van der Waals surface area contributed by atoms with Crippen LogP contribution in [0.15, 0.2) is 0 Å². The first-order valence-corrected chi connectivity index (χ1v) is 3.27. The van der Waals surface area contributed by atoms with Crippen LogP contribution in [0.5, 0.6) is 0 Å². The van der Waals surface area contributed by atoms with Gasteiger partial charge in [0.05, 0.1) is 12.5 Å². The lowest BCUT2D eigenvalue weighted by molar-refractivity contribution is -0.305. The van der Waals surface area contributed by atoms with E-state index in [2.05, 4.69) is 0 Å².